The lowest BCUT2D eigenvalue weighted by Crippen LogP contribution is -2.32. The number of nitrogens with zero attached hydrogens (tertiary/aromatic N) is 5. The molecule has 4 aromatic rings. The molecule has 0 spiro atoms. The minimum Gasteiger partial charge on any atom is -0.362 e. The van der Waals surface area contributed by atoms with Crippen LogP contribution in [0.5, 0.6) is 0 Å². The first kappa shape index (κ1) is 27.1. The third-order valence-corrected chi connectivity index (χ3v) is 7.73. The molecule has 39 heavy (non-hydrogen) atoms. The van der Waals surface area contributed by atoms with Gasteiger partial charge in [0.15, 0.2) is 0 Å². The molecule has 2 heterocycles. The van der Waals surface area contributed by atoms with E-state index in [0.717, 1.165) is 60.8 Å². The van der Waals surface area contributed by atoms with Crippen LogP contribution in [0.1, 0.15) is 63.4 Å². The standard InChI is InChI=1S/C32H43N7/c1-32(2,3)29-19-26(39(37-29)22-24-11-7-6-8-12-24)21-33-20-23-15-17-25(18-16-23)34-31-35-28-14-10-9-13-27(28)30(36-31)38(4)5/h6-14,19,23,25,33H,15-18,20-22H2,1-5H3,(H,34,35,36)/t23-,25+. The Morgan fingerprint density at radius 2 is 1.64 bits per heavy atom. The van der Waals surface area contributed by atoms with Crippen molar-refractivity contribution >= 4 is 22.7 Å². The first-order valence-electron chi connectivity index (χ1n) is 14.3. The maximum Gasteiger partial charge on any atom is 0.225 e. The SMILES string of the molecule is CN(C)c1nc(N[C@H]2CC[C@@H](CNCc3cc(C(C)(C)C)nn3Cc3ccccc3)CC2)nc2ccccc12. The van der Waals surface area contributed by atoms with Gasteiger partial charge < -0.3 is 15.5 Å². The number of benzene rings is 2. The van der Waals surface area contributed by atoms with Crippen LogP contribution >= 0.6 is 0 Å². The Kier molecular flexibility index (Phi) is 8.17. The summed E-state index contributed by atoms with van der Waals surface area (Å²) in [5.41, 5.74) is 4.70. The topological polar surface area (TPSA) is 70.9 Å². The number of nitrogens with one attached hydrogen (secondary N) is 2. The summed E-state index contributed by atoms with van der Waals surface area (Å²) in [6.07, 6.45) is 4.69. The van der Waals surface area contributed by atoms with Crippen molar-refractivity contribution in [3.05, 3.63) is 77.6 Å². The van der Waals surface area contributed by atoms with Gasteiger partial charge in [-0.3, -0.25) is 4.68 Å². The van der Waals surface area contributed by atoms with E-state index in [2.05, 4.69) is 89.5 Å². The monoisotopic (exact) mass is 525 g/mol. The molecule has 7 nitrogen and oxygen atoms in total. The minimum atomic E-state index is 0.0319. The van der Waals surface area contributed by atoms with E-state index < -0.39 is 0 Å². The summed E-state index contributed by atoms with van der Waals surface area (Å²) in [5, 5.41) is 13.5. The molecule has 7 heteroatoms. The zero-order chi connectivity index (χ0) is 27.4. The van der Waals surface area contributed by atoms with E-state index in [1.54, 1.807) is 0 Å². The van der Waals surface area contributed by atoms with Gasteiger partial charge in [-0.25, -0.2) is 4.98 Å². The van der Waals surface area contributed by atoms with Crippen molar-refractivity contribution in [3.8, 4) is 0 Å². The highest BCUT2D eigenvalue weighted by Crippen LogP contribution is 2.28. The molecule has 1 saturated carbocycles. The van der Waals surface area contributed by atoms with Crippen LogP contribution in [0.2, 0.25) is 0 Å². The largest absolute Gasteiger partial charge is 0.362 e. The number of para-hydroxylation sites is 1. The van der Waals surface area contributed by atoms with Crippen LogP contribution in [-0.2, 0) is 18.5 Å². The lowest BCUT2D eigenvalue weighted by Gasteiger charge is -2.29. The lowest BCUT2D eigenvalue weighted by molar-refractivity contribution is 0.322. The molecule has 0 amide bonds. The van der Waals surface area contributed by atoms with Crippen LogP contribution in [0.4, 0.5) is 11.8 Å². The summed E-state index contributed by atoms with van der Waals surface area (Å²) in [4.78, 5) is 11.7. The van der Waals surface area contributed by atoms with Crippen molar-refractivity contribution < 1.29 is 0 Å². The third-order valence-electron chi connectivity index (χ3n) is 7.73. The van der Waals surface area contributed by atoms with Crippen LogP contribution in [-0.4, -0.2) is 46.4 Å². The minimum absolute atomic E-state index is 0.0319. The summed E-state index contributed by atoms with van der Waals surface area (Å²) in [7, 11) is 4.07. The lowest BCUT2D eigenvalue weighted by atomic mass is 9.86. The molecular weight excluding hydrogens is 482 g/mol. The van der Waals surface area contributed by atoms with Crippen LogP contribution in [0.3, 0.4) is 0 Å². The molecule has 1 fully saturated rings. The van der Waals surface area contributed by atoms with Crippen LogP contribution in [0, 0.1) is 5.92 Å². The molecule has 0 bridgehead atoms. The summed E-state index contributed by atoms with van der Waals surface area (Å²) in [6.45, 7) is 9.37. The Morgan fingerprint density at radius 1 is 0.923 bits per heavy atom. The molecule has 0 saturated heterocycles. The molecule has 0 radical (unpaired) electrons. The fraction of sp³-hybridized carbons (Fsp3) is 0.469. The van der Waals surface area contributed by atoms with Gasteiger partial charge >= 0.3 is 0 Å². The van der Waals surface area contributed by atoms with Gasteiger partial charge in [0, 0.05) is 37.5 Å². The number of anilines is 2. The van der Waals surface area contributed by atoms with Crippen molar-refractivity contribution in [2.75, 3.05) is 30.9 Å². The fourth-order valence-electron chi connectivity index (χ4n) is 5.42. The summed E-state index contributed by atoms with van der Waals surface area (Å²) >= 11 is 0. The van der Waals surface area contributed by atoms with E-state index in [1.165, 1.54) is 24.1 Å². The van der Waals surface area contributed by atoms with E-state index in [0.29, 0.717) is 12.0 Å². The molecular formula is C32H43N7. The molecule has 1 aliphatic carbocycles. The van der Waals surface area contributed by atoms with E-state index in [4.69, 9.17) is 15.1 Å². The summed E-state index contributed by atoms with van der Waals surface area (Å²) in [6, 6.07) is 21.5. The number of hydrogen-bond donors (Lipinski definition) is 2. The molecule has 0 atom stereocenters. The Hall–Kier alpha value is -3.45. The molecule has 206 valence electrons. The normalized spacial score (nSPS) is 17.9. The average Bonchev–Trinajstić information content (AvgIpc) is 3.33. The quantitative estimate of drug-likeness (QED) is 0.279. The van der Waals surface area contributed by atoms with Gasteiger partial charge in [-0.15, -0.1) is 0 Å². The predicted molar refractivity (Wildman–Crippen MR) is 161 cm³/mol. The van der Waals surface area contributed by atoms with Gasteiger partial charge in [0.1, 0.15) is 5.82 Å². The van der Waals surface area contributed by atoms with Gasteiger partial charge in [-0.05, 0) is 61.9 Å². The van der Waals surface area contributed by atoms with E-state index in [1.807, 2.05) is 26.2 Å². The Bertz CT molecular complexity index is 1360. The third kappa shape index (κ3) is 6.77. The second kappa shape index (κ2) is 11.7. The molecule has 2 aromatic heterocycles. The van der Waals surface area contributed by atoms with Crippen LogP contribution < -0.4 is 15.5 Å². The first-order valence-corrected chi connectivity index (χ1v) is 14.3. The number of rotatable bonds is 9. The Labute approximate surface area is 233 Å². The second-order valence-corrected chi connectivity index (χ2v) is 12.2. The molecule has 5 rings (SSSR count). The Morgan fingerprint density at radius 3 is 2.36 bits per heavy atom. The maximum absolute atomic E-state index is 4.98. The highest BCUT2D eigenvalue weighted by atomic mass is 15.3. The van der Waals surface area contributed by atoms with Crippen molar-refractivity contribution in [3.63, 3.8) is 0 Å². The summed E-state index contributed by atoms with van der Waals surface area (Å²) < 4.78 is 2.18. The van der Waals surface area contributed by atoms with E-state index in [9.17, 15) is 0 Å². The predicted octanol–water partition coefficient (Wildman–Crippen LogP) is 6.00. The zero-order valence-corrected chi connectivity index (χ0v) is 24.1. The summed E-state index contributed by atoms with van der Waals surface area (Å²) in [5.74, 6) is 2.38. The van der Waals surface area contributed by atoms with Crippen molar-refractivity contribution in [2.24, 2.45) is 5.92 Å². The molecule has 2 aromatic carbocycles. The molecule has 2 N–H and O–H groups in total. The second-order valence-electron chi connectivity index (χ2n) is 12.2. The van der Waals surface area contributed by atoms with Crippen molar-refractivity contribution in [1.29, 1.82) is 0 Å². The van der Waals surface area contributed by atoms with Crippen molar-refractivity contribution in [1.82, 2.24) is 25.1 Å². The fourth-order valence-corrected chi connectivity index (χ4v) is 5.42. The van der Waals surface area contributed by atoms with Crippen molar-refractivity contribution in [2.45, 2.75) is 71.0 Å². The maximum atomic E-state index is 4.98. The van der Waals surface area contributed by atoms with Gasteiger partial charge in [-0.1, -0.05) is 63.2 Å². The van der Waals surface area contributed by atoms with Gasteiger partial charge in [-0.2, -0.15) is 10.1 Å². The number of hydrogen-bond acceptors (Lipinski definition) is 6. The highest BCUT2D eigenvalue weighted by Gasteiger charge is 2.23. The zero-order valence-electron chi connectivity index (χ0n) is 24.1. The Balaban J connectivity index is 1.15. The van der Waals surface area contributed by atoms with Gasteiger partial charge in [0.2, 0.25) is 5.95 Å². The molecule has 0 aliphatic heterocycles. The van der Waals surface area contributed by atoms with Gasteiger partial charge in [0.05, 0.1) is 23.4 Å². The molecule has 1 aliphatic rings. The number of aromatic nitrogens is 4. The smallest absolute Gasteiger partial charge is 0.225 e. The molecule has 0 unspecified atom stereocenters. The number of fused-ring (bicyclic) bond motifs is 1. The highest BCUT2D eigenvalue weighted by molar-refractivity contribution is 5.90. The average molecular weight is 526 g/mol. The van der Waals surface area contributed by atoms with Crippen LogP contribution in [0.15, 0.2) is 60.7 Å². The van der Waals surface area contributed by atoms with E-state index in [-0.39, 0.29) is 5.41 Å². The first-order chi connectivity index (χ1) is 18.8. The van der Waals surface area contributed by atoms with E-state index >= 15 is 0 Å². The van der Waals surface area contributed by atoms with Gasteiger partial charge in [0.25, 0.3) is 0 Å². The van der Waals surface area contributed by atoms with Crippen LogP contribution in [0.25, 0.3) is 10.9 Å².